The van der Waals surface area contributed by atoms with Crippen LogP contribution in [0.15, 0.2) is 61.2 Å². The molecule has 172 valence electrons. The van der Waals surface area contributed by atoms with Crippen molar-refractivity contribution in [3.63, 3.8) is 0 Å². The second kappa shape index (κ2) is 26.7. The van der Waals surface area contributed by atoms with Crippen LogP contribution in [0.4, 0.5) is 0 Å². The summed E-state index contributed by atoms with van der Waals surface area (Å²) in [6, 6.07) is 8.40. The zero-order chi connectivity index (χ0) is 24.5. The highest BCUT2D eigenvalue weighted by Gasteiger charge is 2.02. The number of aromatic amines is 1. The van der Waals surface area contributed by atoms with Crippen molar-refractivity contribution in [2.24, 2.45) is 0 Å². The maximum absolute atomic E-state index is 3.87. The van der Waals surface area contributed by atoms with Gasteiger partial charge in [0.25, 0.3) is 0 Å². The first-order valence-electron chi connectivity index (χ1n) is 11.7. The van der Waals surface area contributed by atoms with E-state index in [0.717, 1.165) is 0 Å². The maximum atomic E-state index is 3.87. The molecule has 1 aromatic heterocycles. The van der Waals surface area contributed by atoms with Crippen molar-refractivity contribution in [1.29, 1.82) is 0 Å². The third-order valence-electron chi connectivity index (χ3n) is 3.37. The van der Waals surface area contributed by atoms with E-state index >= 15 is 0 Å². The van der Waals surface area contributed by atoms with E-state index in [9.17, 15) is 0 Å². The van der Waals surface area contributed by atoms with Crippen molar-refractivity contribution < 1.29 is 0 Å². The second-order valence-electron chi connectivity index (χ2n) is 5.44. The molecule has 1 N–H and O–H groups in total. The first-order valence-corrected chi connectivity index (χ1v) is 11.7. The Morgan fingerprint density at radius 2 is 1.33 bits per heavy atom. The van der Waals surface area contributed by atoms with Gasteiger partial charge < -0.3 is 4.98 Å². The summed E-state index contributed by atoms with van der Waals surface area (Å²) in [5.41, 5.74) is 3.58. The topological polar surface area (TPSA) is 15.8 Å². The van der Waals surface area contributed by atoms with Gasteiger partial charge in [0.15, 0.2) is 0 Å². The molecule has 0 saturated heterocycles. The van der Waals surface area contributed by atoms with Gasteiger partial charge in [0, 0.05) is 21.5 Å². The van der Waals surface area contributed by atoms with Gasteiger partial charge >= 0.3 is 0 Å². The molecular weight excluding hydrogens is 362 g/mol. The first kappa shape index (κ1) is 35.2. The van der Waals surface area contributed by atoms with Crippen LogP contribution in [0.5, 0.6) is 0 Å². The molecule has 0 fully saturated rings. The largest absolute Gasteiger partial charge is 0.354 e. The molecule has 0 aliphatic carbocycles. The standard InChI is InChI=1S/C17H19N.C3H8.C3H6.3C2H6/c1-5-13(6-2)12(4)17-14(7-3)15-10-8-9-11-16(15)18-17;2*1-3-2;3*1-2/h5-11,18H,1H2,2-4H3;3H2,1-2H3;3H,1H2,2H3;3*1-2H3/b13-6+,14-7-,17-12-;;;;;. The molecule has 0 atom stereocenters. The summed E-state index contributed by atoms with van der Waals surface area (Å²) < 4.78 is 0. The molecule has 2 aromatic rings. The summed E-state index contributed by atoms with van der Waals surface area (Å²) in [5, 5.41) is 3.73. The zero-order valence-electron chi connectivity index (χ0n) is 22.2. The third-order valence-corrected chi connectivity index (χ3v) is 3.37. The molecule has 0 spiro atoms. The average Bonchev–Trinajstić information content (AvgIpc) is 3.18. The van der Waals surface area contributed by atoms with Crippen molar-refractivity contribution in [1.82, 2.24) is 4.98 Å². The highest BCUT2D eigenvalue weighted by atomic mass is 14.7. The molecule has 0 radical (unpaired) electrons. The molecule has 0 amide bonds. The van der Waals surface area contributed by atoms with Crippen LogP contribution in [0.2, 0.25) is 0 Å². The van der Waals surface area contributed by atoms with Gasteiger partial charge in [-0.25, -0.2) is 0 Å². The van der Waals surface area contributed by atoms with Crippen LogP contribution in [0.25, 0.3) is 22.6 Å². The van der Waals surface area contributed by atoms with Crippen LogP contribution in [-0.2, 0) is 0 Å². The summed E-state index contributed by atoms with van der Waals surface area (Å²) in [6.07, 6.45) is 9.15. The van der Waals surface area contributed by atoms with Crippen molar-refractivity contribution in [3.05, 3.63) is 71.8 Å². The molecule has 0 bridgehead atoms. The van der Waals surface area contributed by atoms with E-state index in [2.05, 4.69) is 82.3 Å². The van der Waals surface area contributed by atoms with Gasteiger partial charge in [0.2, 0.25) is 0 Å². The smallest absolute Gasteiger partial charge is 0.0497 e. The molecular formula is C29H51N. The van der Waals surface area contributed by atoms with Crippen LogP contribution in [0.1, 0.15) is 89.5 Å². The molecule has 2 rings (SSSR count). The van der Waals surface area contributed by atoms with E-state index in [-0.39, 0.29) is 0 Å². The van der Waals surface area contributed by atoms with E-state index in [0.29, 0.717) is 0 Å². The minimum Gasteiger partial charge on any atom is -0.354 e. The van der Waals surface area contributed by atoms with Gasteiger partial charge in [-0.2, -0.15) is 0 Å². The predicted octanol–water partition coefficient (Wildman–Crippen LogP) is 8.96. The summed E-state index contributed by atoms with van der Waals surface area (Å²) in [6.45, 7) is 31.6. The summed E-state index contributed by atoms with van der Waals surface area (Å²) in [5.74, 6) is 0. The van der Waals surface area contributed by atoms with E-state index < -0.39 is 0 Å². The summed E-state index contributed by atoms with van der Waals surface area (Å²) in [7, 11) is 0. The summed E-state index contributed by atoms with van der Waals surface area (Å²) >= 11 is 0. The number of fused-ring (bicyclic) bond motifs is 1. The quantitative estimate of drug-likeness (QED) is 0.373. The summed E-state index contributed by atoms with van der Waals surface area (Å²) in [4.78, 5) is 3.51. The molecule has 0 aliphatic heterocycles. The maximum Gasteiger partial charge on any atom is 0.0497 e. The Kier molecular flexibility index (Phi) is 31.3. The van der Waals surface area contributed by atoms with Gasteiger partial charge in [-0.05, 0) is 44.9 Å². The third kappa shape index (κ3) is 13.0. The highest BCUT2D eigenvalue weighted by molar-refractivity contribution is 5.82. The Labute approximate surface area is 189 Å². The zero-order valence-corrected chi connectivity index (χ0v) is 22.2. The Morgan fingerprint density at radius 1 is 0.900 bits per heavy atom. The lowest BCUT2D eigenvalue weighted by molar-refractivity contribution is 1.09. The number of allylic oxidation sites excluding steroid dienone is 4. The molecule has 1 heterocycles. The van der Waals surface area contributed by atoms with Crippen LogP contribution in [-0.4, -0.2) is 4.98 Å². The number of H-pyrrole nitrogens is 1. The van der Waals surface area contributed by atoms with Crippen LogP contribution < -0.4 is 10.6 Å². The van der Waals surface area contributed by atoms with E-state index in [1.54, 1.807) is 6.08 Å². The van der Waals surface area contributed by atoms with Gasteiger partial charge in [-0.3, -0.25) is 0 Å². The lowest BCUT2D eigenvalue weighted by Crippen LogP contribution is -2.25. The van der Waals surface area contributed by atoms with E-state index in [1.807, 2.05) is 61.5 Å². The number of benzene rings is 1. The molecule has 30 heavy (non-hydrogen) atoms. The fourth-order valence-corrected chi connectivity index (χ4v) is 2.39. The van der Waals surface area contributed by atoms with Crippen LogP contribution in [0.3, 0.4) is 0 Å². The Bertz CT molecular complexity index is 785. The molecule has 0 saturated carbocycles. The Hall–Kier alpha value is -2.28. The number of rotatable bonds is 2. The number of nitrogens with one attached hydrogen (secondary N) is 1. The molecule has 1 nitrogen and oxygen atoms in total. The molecule has 0 unspecified atom stereocenters. The van der Waals surface area contributed by atoms with Gasteiger partial charge in [-0.15, -0.1) is 6.58 Å². The Morgan fingerprint density at radius 3 is 1.70 bits per heavy atom. The minimum absolute atomic E-state index is 1.17. The van der Waals surface area contributed by atoms with E-state index in [1.165, 1.54) is 39.0 Å². The Balaban J connectivity index is -0.000000239. The first-order chi connectivity index (χ1) is 14.6. The lowest BCUT2D eigenvalue weighted by Gasteiger charge is -1.99. The lowest BCUT2D eigenvalue weighted by atomic mass is 10.1. The van der Waals surface area contributed by atoms with Gasteiger partial charge in [0.1, 0.15) is 0 Å². The molecule has 1 heteroatoms. The van der Waals surface area contributed by atoms with E-state index in [4.69, 9.17) is 0 Å². The van der Waals surface area contributed by atoms with Gasteiger partial charge in [-0.1, -0.05) is 111 Å². The monoisotopic (exact) mass is 413 g/mol. The second-order valence-corrected chi connectivity index (χ2v) is 5.44. The highest BCUT2D eigenvalue weighted by Crippen LogP contribution is 2.10. The molecule has 1 aromatic carbocycles. The van der Waals surface area contributed by atoms with Gasteiger partial charge in [0.05, 0.1) is 0 Å². The SMILES string of the molecule is C=CC.C=CC(=C\C)/C(C)=c1\[nH]c2ccccc2\c1=C\C.CC.CC.CC.CCC. The normalized spacial score (nSPS) is 10.7. The molecule has 0 aliphatic rings. The predicted molar refractivity (Wildman–Crippen MR) is 147 cm³/mol. The number of hydrogen-bond donors (Lipinski definition) is 1. The van der Waals surface area contributed by atoms with Crippen molar-refractivity contribution >= 4 is 22.6 Å². The number of aromatic nitrogens is 1. The van der Waals surface area contributed by atoms with Crippen molar-refractivity contribution in [2.75, 3.05) is 0 Å². The number of para-hydroxylation sites is 1. The number of hydrogen-bond acceptors (Lipinski definition) is 0. The fraction of sp³-hybridized carbons (Fsp3) is 0.448. The van der Waals surface area contributed by atoms with Crippen molar-refractivity contribution in [3.8, 4) is 0 Å². The fourth-order valence-electron chi connectivity index (χ4n) is 2.39. The van der Waals surface area contributed by atoms with Crippen LogP contribution in [0, 0.1) is 0 Å². The average molecular weight is 414 g/mol. The van der Waals surface area contributed by atoms with Crippen LogP contribution >= 0.6 is 0 Å². The minimum atomic E-state index is 1.17. The van der Waals surface area contributed by atoms with Crippen molar-refractivity contribution in [2.45, 2.75) is 89.5 Å².